The summed E-state index contributed by atoms with van der Waals surface area (Å²) in [5, 5.41) is 12.4. The average Bonchev–Trinajstić information content (AvgIpc) is 3.43. The largest absolute Gasteiger partial charge is 0.351 e. The van der Waals surface area contributed by atoms with Crippen LogP contribution >= 0.6 is 10.2 Å². The zero-order valence-corrected chi connectivity index (χ0v) is 23.5. The van der Waals surface area contributed by atoms with E-state index in [2.05, 4.69) is 10.3 Å². The van der Waals surface area contributed by atoms with E-state index in [4.69, 9.17) is 0 Å². The Labute approximate surface area is 245 Å². The Morgan fingerprint density at radius 3 is 2.23 bits per heavy atom. The monoisotopic (exact) mass is 651 g/mol. The lowest BCUT2D eigenvalue weighted by atomic mass is 9.84. The van der Waals surface area contributed by atoms with E-state index in [1.54, 1.807) is 6.19 Å². The van der Waals surface area contributed by atoms with Crippen molar-refractivity contribution < 1.29 is 47.0 Å². The van der Waals surface area contributed by atoms with E-state index in [0.29, 0.717) is 17.0 Å². The molecule has 1 aromatic carbocycles. The summed E-state index contributed by atoms with van der Waals surface area (Å²) in [5.41, 5.74) is -2.69. The Bertz CT molecular complexity index is 1560. The normalized spacial score (nSPS) is 25.5. The molecule has 2 aromatic rings. The number of nitrogens with zero attached hydrogens (tertiary/aromatic N) is 4. The molecule has 1 saturated carbocycles. The van der Waals surface area contributed by atoms with Gasteiger partial charge in [0, 0.05) is 42.8 Å². The van der Waals surface area contributed by atoms with Gasteiger partial charge in [0.1, 0.15) is 22.3 Å². The fraction of sp³-hybridized carbons (Fsp3) is 0.444. The number of anilines is 1. The first-order valence-corrected chi connectivity index (χ1v) is 15.4. The smallest absolute Gasteiger partial charge is 0.310 e. The van der Waals surface area contributed by atoms with Crippen LogP contribution < -0.4 is 10.2 Å². The maximum absolute atomic E-state index is 14.5. The van der Waals surface area contributed by atoms with Crippen LogP contribution in [0.15, 0.2) is 47.6 Å². The van der Waals surface area contributed by atoms with Crippen molar-refractivity contribution in [1.82, 2.24) is 15.2 Å². The summed E-state index contributed by atoms with van der Waals surface area (Å²) >= 11 is 0. The van der Waals surface area contributed by atoms with E-state index < -0.39 is 93.1 Å². The summed E-state index contributed by atoms with van der Waals surface area (Å²) < 4.78 is 110. The Balaban J connectivity index is 1.64. The number of carbonyl (C=O) groups excluding carboxylic acids is 3. The fourth-order valence-electron chi connectivity index (χ4n) is 6.19. The van der Waals surface area contributed by atoms with Gasteiger partial charge >= 0.3 is 10.2 Å². The van der Waals surface area contributed by atoms with Crippen molar-refractivity contribution in [2.45, 2.75) is 79.4 Å². The van der Waals surface area contributed by atoms with E-state index in [0.717, 1.165) is 23.4 Å². The van der Waals surface area contributed by atoms with Gasteiger partial charge in [-0.3, -0.25) is 29.2 Å². The van der Waals surface area contributed by atoms with Gasteiger partial charge in [-0.2, -0.15) is 5.26 Å². The molecule has 1 aliphatic carbocycles. The van der Waals surface area contributed by atoms with Crippen molar-refractivity contribution in [2.75, 3.05) is 4.90 Å². The minimum atomic E-state index is -10.2. The Morgan fingerprint density at radius 1 is 1.05 bits per heavy atom. The van der Waals surface area contributed by atoms with E-state index in [9.17, 15) is 52.2 Å². The molecule has 2 amide bonds. The molecule has 3 aliphatic rings. The number of amides is 2. The van der Waals surface area contributed by atoms with Gasteiger partial charge in [-0.1, -0.05) is 19.4 Å². The molecule has 0 radical (unpaired) electrons. The minimum absolute atomic E-state index is 0.0240. The van der Waals surface area contributed by atoms with E-state index >= 15 is 0 Å². The van der Waals surface area contributed by atoms with E-state index in [1.807, 2.05) is 0 Å². The Hall–Kier alpha value is -3.94. The number of aromatic nitrogens is 1. The highest BCUT2D eigenvalue weighted by atomic mass is 32.5. The molecule has 3 unspecified atom stereocenters. The minimum Gasteiger partial charge on any atom is -0.351 e. The Morgan fingerprint density at radius 2 is 1.68 bits per heavy atom. The lowest BCUT2D eigenvalue weighted by Crippen LogP contribution is -2.57. The summed E-state index contributed by atoms with van der Waals surface area (Å²) in [7, 11) is -10.2. The lowest BCUT2D eigenvalue weighted by Gasteiger charge is -2.41. The third-order valence-electron chi connectivity index (χ3n) is 8.34. The van der Waals surface area contributed by atoms with Crippen LogP contribution in [0.3, 0.4) is 0 Å². The lowest BCUT2D eigenvalue weighted by molar-refractivity contribution is -0.132. The Kier molecular flexibility index (Phi) is 7.00. The zero-order chi connectivity index (χ0) is 32.4. The summed E-state index contributed by atoms with van der Waals surface area (Å²) in [6.45, 7) is 0. The van der Waals surface area contributed by atoms with Gasteiger partial charge in [0.05, 0.1) is 12.2 Å². The second kappa shape index (κ2) is 9.78. The number of carbonyl (C=O) groups is 3. The number of fused-ring (bicyclic) bond motifs is 2. The van der Waals surface area contributed by atoms with Gasteiger partial charge in [0.15, 0.2) is 12.0 Å². The number of hydrogen-bond acceptors (Lipinski definition) is 6. The molecule has 44 heavy (non-hydrogen) atoms. The number of rotatable bonds is 7. The van der Waals surface area contributed by atoms with Crippen molar-refractivity contribution in [3.05, 3.63) is 54.1 Å². The topological polar surface area (TPSA) is 106 Å². The van der Waals surface area contributed by atoms with Crippen molar-refractivity contribution in [3.63, 3.8) is 0 Å². The third kappa shape index (κ3) is 5.78. The van der Waals surface area contributed by atoms with Crippen LogP contribution in [0, 0.1) is 17.3 Å². The molecule has 3 heterocycles. The van der Waals surface area contributed by atoms with Gasteiger partial charge in [0.25, 0.3) is 5.91 Å². The number of alkyl halides is 2. The van der Waals surface area contributed by atoms with Crippen LogP contribution in [0.1, 0.15) is 56.6 Å². The van der Waals surface area contributed by atoms with Crippen molar-refractivity contribution in [3.8, 4) is 6.19 Å². The fourth-order valence-corrected chi connectivity index (χ4v) is 6.84. The highest BCUT2D eigenvalue weighted by Gasteiger charge is 2.66. The second-order valence-corrected chi connectivity index (χ2v) is 13.7. The van der Waals surface area contributed by atoms with Crippen LogP contribution in [-0.2, 0) is 14.4 Å². The molecule has 5 rings (SSSR count). The molecule has 17 heteroatoms. The summed E-state index contributed by atoms with van der Waals surface area (Å²) in [6, 6.07) is -1.81. The first-order chi connectivity index (χ1) is 20.2. The number of pyridine rings is 1. The standard InChI is InChI=1S/C27H25F8N5O3S/c28-17-11-16(13-37-14-17)23(24(42)38-18-5-9-27(29,30)10-6-18)40(19-1-3-20(4-2-19)44(31,32,33,34)35)25(43)26-8-7-21(22(41)12-26)39(26)15-36/h1-4,11,13-14,18,21,23H,5-10,12H2,(H,38,42). The van der Waals surface area contributed by atoms with Gasteiger partial charge in [-0.15, -0.1) is 0 Å². The number of benzene rings is 1. The molecule has 2 saturated heterocycles. The predicted molar refractivity (Wildman–Crippen MR) is 140 cm³/mol. The molecule has 1 N–H and O–H groups in total. The molecular weight excluding hydrogens is 626 g/mol. The number of nitrogens with one attached hydrogen (secondary N) is 1. The zero-order valence-electron chi connectivity index (χ0n) is 22.7. The van der Waals surface area contributed by atoms with Crippen LogP contribution in [0.25, 0.3) is 0 Å². The summed E-state index contributed by atoms with van der Waals surface area (Å²) in [4.78, 5) is 44.0. The first-order valence-electron chi connectivity index (χ1n) is 13.4. The highest BCUT2D eigenvalue weighted by Crippen LogP contribution is 3.02. The third-order valence-corrected chi connectivity index (χ3v) is 9.50. The molecule has 3 fully saturated rings. The van der Waals surface area contributed by atoms with Gasteiger partial charge in [0.2, 0.25) is 11.8 Å². The number of nitriles is 1. The average molecular weight is 652 g/mol. The molecule has 1 aromatic heterocycles. The number of hydrogen-bond donors (Lipinski definition) is 1. The maximum Gasteiger partial charge on any atom is 0.310 e. The molecule has 2 aliphatic heterocycles. The maximum atomic E-state index is 14.5. The molecule has 2 bridgehead atoms. The van der Waals surface area contributed by atoms with Gasteiger partial charge in [-0.05, 0) is 56.0 Å². The van der Waals surface area contributed by atoms with Gasteiger partial charge in [-0.25, -0.2) is 13.2 Å². The number of ketones is 1. The predicted octanol–water partition coefficient (Wildman–Crippen LogP) is 6.30. The van der Waals surface area contributed by atoms with Crippen molar-refractivity contribution in [1.29, 1.82) is 5.26 Å². The van der Waals surface area contributed by atoms with Crippen molar-refractivity contribution in [2.24, 2.45) is 0 Å². The second-order valence-electron chi connectivity index (χ2n) is 11.3. The van der Waals surface area contributed by atoms with Crippen LogP contribution in [0.5, 0.6) is 0 Å². The number of halogens is 8. The summed E-state index contributed by atoms with van der Waals surface area (Å²) in [5.74, 6) is -6.58. The highest BCUT2D eigenvalue weighted by molar-refractivity contribution is 8.45. The molecule has 3 atom stereocenters. The van der Waals surface area contributed by atoms with Gasteiger partial charge < -0.3 is 5.32 Å². The van der Waals surface area contributed by atoms with Crippen LogP contribution in [0.4, 0.5) is 38.3 Å². The number of Topliss-reactive ketones (excluding diaryl/α,β-unsaturated/α-hetero) is 1. The quantitative estimate of drug-likeness (QED) is 0.278. The van der Waals surface area contributed by atoms with E-state index in [-0.39, 0.29) is 43.4 Å². The first kappa shape index (κ1) is 31.5. The van der Waals surface area contributed by atoms with Crippen LogP contribution in [-0.4, -0.2) is 51.0 Å². The van der Waals surface area contributed by atoms with Crippen LogP contribution in [0.2, 0.25) is 0 Å². The van der Waals surface area contributed by atoms with E-state index in [1.165, 1.54) is 0 Å². The molecular formula is C27H25F8N5O3S. The van der Waals surface area contributed by atoms with Crippen molar-refractivity contribution >= 4 is 33.5 Å². The molecule has 8 nitrogen and oxygen atoms in total. The summed E-state index contributed by atoms with van der Waals surface area (Å²) in [6.07, 6.45) is 1.61. The molecule has 0 spiro atoms. The molecule has 238 valence electrons. The SMILES string of the molecule is N#CN1C2CCC1(C(=O)N(c1ccc(S(F)(F)(F)(F)F)cc1)C(C(=O)NC1CCC(F)(F)CC1)c1cncc(F)c1)CC2=O.